The Morgan fingerprint density at radius 2 is 1.86 bits per heavy atom. The van der Waals surface area contributed by atoms with Gasteiger partial charge in [-0.1, -0.05) is 30.3 Å². The van der Waals surface area contributed by atoms with E-state index in [9.17, 15) is 14.4 Å². The van der Waals surface area contributed by atoms with Crippen LogP contribution in [0.25, 0.3) is 6.08 Å². The van der Waals surface area contributed by atoms with Gasteiger partial charge in [0.05, 0.1) is 13.5 Å². The number of para-hydroxylation sites is 1. The predicted octanol–water partition coefficient (Wildman–Crippen LogP) is 1.92. The summed E-state index contributed by atoms with van der Waals surface area (Å²) in [6.07, 6.45) is 2.76. The van der Waals surface area contributed by atoms with Crippen LogP contribution >= 0.6 is 12.2 Å². The third-order valence-electron chi connectivity index (χ3n) is 5.08. The Bertz CT molecular complexity index is 1060. The summed E-state index contributed by atoms with van der Waals surface area (Å²) >= 11 is 5.35. The van der Waals surface area contributed by atoms with Crippen molar-refractivity contribution in [3.63, 3.8) is 0 Å². The van der Waals surface area contributed by atoms with Gasteiger partial charge in [-0.05, 0) is 48.1 Å². The van der Waals surface area contributed by atoms with Crippen molar-refractivity contribution in [1.29, 1.82) is 0 Å². The normalized spacial score (nSPS) is 15.3. The number of amides is 2. The van der Waals surface area contributed by atoms with Crippen LogP contribution in [0.15, 0.2) is 60.7 Å². The van der Waals surface area contributed by atoms with Gasteiger partial charge in [0, 0.05) is 19.2 Å². The SMILES string of the molecule is COc1ccc(C=CC(=O)NC(=S)N2CCNC(=O)C2CC(=O)OCCOc2ccccc2)cc1. The van der Waals surface area contributed by atoms with E-state index in [-0.39, 0.29) is 30.7 Å². The molecule has 0 spiro atoms. The number of hydrogen-bond acceptors (Lipinski definition) is 7. The number of rotatable bonds is 9. The summed E-state index contributed by atoms with van der Waals surface area (Å²) in [5.41, 5.74) is 0.807. The topological polar surface area (TPSA) is 106 Å². The second kappa shape index (κ2) is 13.1. The standard InChI is InChI=1S/C25H27N3O6S/c1-32-19-10-7-18(8-11-19)9-12-22(29)27-25(35)28-14-13-26-24(31)21(28)17-23(30)34-16-15-33-20-5-3-2-4-6-20/h2-12,21H,13-17H2,1H3,(H,26,31)(H,27,29,35). The second-order valence-electron chi connectivity index (χ2n) is 7.49. The molecule has 0 bridgehead atoms. The molecule has 2 aromatic carbocycles. The van der Waals surface area contributed by atoms with E-state index in [0.717, 1.165) is 5.56 Å². The molecule has 2 amide bonds. The van der Waals surface area contributed by atoms with Gasteiger partial charge in [0.15, 0.2) is 5.11 Å². The molecule has 0 aromatic heterocycles. The molecule has 0 aliphatic carbocycles. The molecular formula is C25H27N3O6S. The molecule has 0 radical (unpaired) electrons. The highest BCUT2D eigenvalue weighted by atomic mass is 32.1. The first-order valence-corrected chi connectivity index (χ1v) is 11.4. The minimum atomic E-state index is -0.885. The van der Waals surface area contributed by atoms with Crippen molar-refractivity contribution < 1.29 is 28.6 Å². The molecule has 1 aliphatic rings. The molecule has 1 unspecified atom stereocenters. The van der Waals surface area contributed by atoms with Crippen LogP contribution in [0.3, 0.4) is 0 Å². The van der Waals surface area contributed by atoms with E-state index in [1.165, 1.54) is 11.0 Å². The van der Waals surface area contributed by atoms with Crippen LogP contribution in [-0.4, -0.2) is 67.3 Å². The van der Waals surface area contributed by atoms with Gasteiger partial charge in [-0.2, -0.15) is 0 Å². The number of thiocarbonyl (C=S) groups is 1. The van der Waals surface area contributed by atoms with Gasteiger partial charge in [0.25, 0.3) is 0 Å². The van der Waals surface area contributed by atoms with Crippen LogP contribution in [0.1, 0.15) is 12.0 Å². The predicted molar refractivity (Wildman–Crippen MR) is 134 cm³/mol. The Morgan fingerprint density at radius 1 is 1.11 bits per heavy atom. The Balaban J connectivity index is 1.49. The molecule has 1 heterocycles. The molecule has 2 N–H and O–H groups in total. The van der Waals surface area contributed by atoms with Crippen molar-refractivity contribution in [2.75, 3.05) is 33.4 Å². The number of benzene rings is 2. The third-order valence-corrected chi connectivity index (χ3v) is 5.42. The average Bonchev–Trinajstić information content (AvgIpc) is 2.87. The zero-order valence-corrected chi connectivity index (χ0v) is 20.1. The van der Waals surface area contributed by atoms with Crippen LogP contribution in [0, 0.1) is 0 Å². The van der Waals surface area contributed by atoms with E-state index in [2.05, 4.69) is 10.6 Å². The summed E-state index contributed by atoms with van der Waals surface area (Å²) < 4.78 is 15.8. The zero-order valence-electron chi connectivity index (χ0n) is 19.3. The fourth-order valence-electron chi connectivity index (χ4n) is 3.32. The highest BCUT2D eigenvalue weighted by Gasteiger charge is 2.34. The molecule has 35 heavy (non-hydrogen) atoms. The Kier molecular flexibility index (Phi) is 9.61. The fraction of sp³-hybridized carbons (Fsp3) is 0.280. The van der Waals surface area contributed by atoms with E-state index in [1.807, 2.05) is 30.3 Å². The molecule has 1 atom stereocenters. The lowest BCUT2D eigenvalue weighted by Gasteiger charge is -2.36. The number of ether oxygens (including phenoxy) is 3. The number of hydrogen-bond donors (Lipinski definition) is 2. The minimum Gasteiger partial charge on any atom is -0.497 e. The van der Waals surface area contributed by atoms with Crippen molar-refractivity contribution in [2.45, 2.75) is 12.5 Å². The largest absolute Gasteiger partial charge is 0.497 e. The van der Waals surface area contributed by atoms with Crippen LogP contribution in [0.2, 0.25) is 0 Å². The highest BCUT2D eigenvalue weighted by Crippen LogP contribution is 2.13. The Hall–Kier alpha value is -3.92. The van der Waals surface area contributed by atoms with Crippen LogP contribution < -0.4 is 20.1 Å². The minimum absolute atomic E-state index is 0.0411. The van der Waals surface area contributed by atoms with Crippen LogP contribution in [0.5, 0.6) is 11.5 Å². The van der Waals surface area contributed by atoms with Crippen molar-refractivity contribution >= 4 is 41.2 Å². The van der Waals surface area contributed by atoms with Crippen molar-refractivity contribution in [3.8, 4) is 11.5 Å². The number of nitrogens with zero attached hydrogens (tertiary/aromatic N) is 1. The summed E-state index contributed by atoms with van der Waals surface area (Å²) in [6, 6.07) is 15.5. The maximum Gasteiger partial charge on any atom is 0.308 e. The molecule has 0 saturated carbocycles. The molecule has 2 aromatic rings. The number of nitrogens with one attached hydrogen (secondary N) is 2. The lowest BCUT2D eigenvalue weighted by Crippen LogP contribution is -2.60. The molecule has 3 rings (SSSR count). The first kappa shape index (κ1) is 25.7. The first-order valence-electron chi connectivity index (χ1n) is 11.0. The number of carbonyl (C=O) groups is 3. The van der Waals surface area contributed by atoms with Crippen molar-refractivity contribution in [2.24, 2.45) is 0 Å². The highest BCUT2D eigenvalue weighted by molar-refractivity contribution is 7.80. The van der Waals surface area contributed by atoms with E-state index >= 15 is 0 Å². The molecular weight excluding hydrogens is 470 g/mol. The van der Waals surface area contributed by atoms with Crippen LogP contribution in [-0.2, 0) is 19.1 Å². The maximum atomic E-state index is 12.4. The third kappa shape index (κ3) is 8.11. The van der Waals surface area contributed by atoms with Gasteiger partial charge in [0.2, 0.25) is 11.8 Å². The molecule has 184 valence electrons. The van der Waals surface area contributed by atoms with Crippen molar-refractivity contribution in [1.82, 2.24) is 15.5 Å². The van der Waals surface area contributed by atoms with E-state index in [0.29, 0.717) is 24.6 Å². The van der Waals surface area contributed by atoms with Gasteiger partial charge in [-0.15, -0.1) is 0 Å². The molecule has 1 fully saturated rings. The first-order chi connectivity index (χ1) is 17.0. The number of methoxy groups -OCH3 is 1. The Labute approximate surface area is 209 Å². The lowest BCUT2D eigenvalue weighted by atomic mass is 10.1. The van der Waals surface area contributed by atoms with Crippen molar-refractivity contribution in [3.05, 3.63) is 66.2 Å². The molecule has 9 nitrogen and oxygen atoms in total. The molecule has 1 aliphatic heterocycles. The zero-order chi connectivity index (χ0) is 25.0. The maximum absolute atomic E-state index is 12.4. The van der Waals surface area contributed by atoms with E-state index in [1.54, 1.807) is 37.5 Å². The van der Waals surface area contributed by atoms with Gasteiger partial charge in [-0.25, -0.2) is 0 Å². The summed E-state index contributed by atoms with van der Waals surface area (Å²) in [7, 11) is 1.58. The quantitative estimate of drug-likeness (QED) is 0.234. The average molecular weight is 498 g/mol. The monoisotopic (exact) mass is 497 g/mol. The van der Waals surface area contributed by atoms with E-state index in [4.69, 9.17) is 26.4 Å². The molecule has 1 saturated heterocycles. The van der Waals surface area contributed by atoms with Gasteiger partial charge < -0.3 is 24.4 Å². The fourth-order valence-corrected chi connectivity index (χ4v) is 3.63. The molecule has 10 heteroatoms. The summed E-state index contributed by atoms with van der Waals surface area (Å²) in [6.45, 7) is 0.917. The lowest BCUT2D eigenvalue weighted by molar-refractivity contribution is -0.148. The van der Waals surface area contributed by atoms with Gasteiger partial charge >= 0.3 is 5.97 Å². The summed E-state index contributed by atoms with van der Waals surface area (Å²) in [5.74, 6) is 0.00509. The second-order valence-corrected chi connectivity index (χ2v) is 7.87. The van der Waals surface area contributed by atoms with Gasteiger partial charge in [0.1, 0.15) is 30.8 Å². The number of carbonyl (C=O) groups excluding carboxylic acids is 3. The van der Waals surface area contributed by atoms with Gasteiger partial charge in [-0.3, -0.25) is 19.7 Å². The van der Waals surface area contributed by atoms with Crippen LogP contribution in [0.4, 0.5) is 0 Å². The summed E-state index contributed by atoms with van der Waals surface area (Å²) in [5, 5.41) is 5.37. The number of esters is 1. The van der Waals surface area contributed by atoms with E-state index < -0.39 is 17.9 Å². The smallest absolute Gasteiger partial charge is 0.308 e. The Morgan fingerprint density at radius 3 is 2.57 bits per heavy atom. The summed E-state index contributed by atoms with van der Waals surface area (Å²) in [4.78, 5) is 38.6. The number of piperazine rings is 1.